The Labute approximate surface area is 91.6 Å². The van der Waals surface area contributed by atoms with Crippen LogP contribution in [0.3, 0.4) is 0 Å². The summed E-state index contributed by atoms with van der Waals surface area (Å²) in [5.41, 5.74) is 2.82. The van der Waals surface area contributed by atoms with Crippen molar-refractivity contribution in [1.82, 2.24) is 0 Å². The van der Waals surface area contributed by atoms with Crippen LogP contribution in [0.1, 0.15) is 43.4 Å². The summed E-state index contributed by atoms with van der Waals surface area (Å²) in [5.74, 6) is 0.124. The predicted molar refractivity (Wildman–Crippen MR) is 62.5 cm³/mol. The summed E-state index contributed by atoms with van der Waals surface area (Å²) < 4.78 is 0. The molecule has 2 N–H and O–H groups in total. The van der Waals surface area contributed by atoms with Gasteiger partial charge >= 0.3 is 0 Å². The largest absolute Gasteiger partial charge is 0.504 e. The van der Waals surface area contributed by atoms with Gasteiger partial charge in [-0.15, -0.1) is 0 Å². The van der Waals surface area contributed by atoms with Gasteiger partial charge in [0.05, 0.1) is 0 Å². The van der Waals surface area contributed by atoms with Crippen molar-refractivity contribution < 1.29 is 10.2 Å². The van der Waals surface area contributed by atoms with Crippen molar-refractivity contribution in [2.24, 2.45) is 0 Å². The number of aryl methyl sites for hydroxylation is 2. The molecule has 0 aliphatic heterocycles. The highest BCUT2D eigenvalue weighted by molar-refractivity contribution is 5.53. The summed E-state index contributed by atoms with van der Waals surface area (Å²) in [6.45, 7) is 6.01. The molecule has 0 aliphatic rings. The van der Waals surface area contributed by atoms with Crippen LogP contribution in [0.15, 0.2) is 6.07 Å². The molecule has 0 unspecified atom stereocenters. The van der Waals surface area contributed by atoms with Gasteiger partial charge in [0.2, 0.25) is 0 Å². The average Bonchev–Trinajstić information content (AvgIpc) is 2.24. The van der Waals surface area contributed by atoms with Crippen LogP contribution in [-0.2, 0) is 12.8 Å². The maximum Gasteiger partial charge on any atom is 0.161 e. The number of benzene rings is 1. The van der Waals surface area contributed by atoms with E-state index < -0.39 is 0 Å². The molecule has 1 rings (SSSR count). The summed E-state index contributed by atoms with van der Waals surface area (Å²) in [5, 5.41) is 19.5. The molecule has 0 aromatic heterocycles. The van der Waals surface area contributed by atoms with E-state index in [1.807, 2.05) is 13.0 Å². The first-order valence-corrected chi connectivity index (χ1v) is 5.65. The van der Waals surface area contributed by atoms with Crippen LogP contribution in [0.25, 0.3) is 0 Å². The van der Waals surface area contributed by atoms with Gasteiger partial charge in [-0.25, -0.2) is 0 Å². The molecule has 2 nitrogen and oxygen atoms in total. The second kappa shape index (κ2) is 5.06. The van der Waals surface area contributed by atoms with Gasteiger partial charge in [0.15, 0.2) is 11.5 Å². The minimum Gasteiger partial charge on any atom is -0.504 e. The summed E-state index contributed by atoms with van der Waals surface area (Å²) >= 11 is 0. The molecule has 1 aromatic carbocycles. The highest BCUT2D eigenvalue weighted by Gasteiger charge is 2.13. The standard InChI is InChI=1S/C13H20O2/c1-4-6-7-11-10(5-2)8-9(3)12(14)13(11)15/h8,14-15H,4-7H2,1-3H3. The number of phenolic OH excluding ortho intramolecular Hbond substituents is 2. The van der Waals surface area contributed by atoms with Crippen molar-refractivity contribution in [3.8, 4) is 11.5 Å². The number of aromatic hydroxyl groups is 2. The molecule has 0 aliphatic carbocycles. The lowest BCUT2D eigenvalue weighted by molar-refractivity contribution is 0.395. The molecule has 0 heterocycles. The zero-order chi connectivity index (χ0) is 11.4. The molecule has 0 saturated carbocycles. The van der Waals surface area contributed by atoms with Crippen LogP contribution in [0.2, 0.25) is 0 Å². The molecule has 0 bridgehead atoms. The van der Waals surface area contributed by atoms with E-state index in [9.17, 15) is 10.2 Å². The first-order valence-electron chi connectivity index (χ1n) is 5.65. The Kier molecular flexibility index (Phi) is 4.01. The minimum absolute atomic E-state index is 0.0401. The van der Waals surface area contributed by atoms with Crippen LogP contribution < -0.4 is 0 Å². The Morgan fingerprint density at radius 2 is 1.80 bits per heavy atom. The van der Waals surface area contributed by atoms with E-state index in [0.717, 1.165) is 42.4 Å². The monoisotopic (exact) mass is 208 g/mol. The van der Waals surface area contributed by atoms with Crippen molar-refractivity contribution in [3.63, 3.8) is 0 Å². The molecule has 0 saturated heterocycles. The lowest BCUT2D eigenvalue weighted by atomic mass is 9.96. The SMILES string of the molecule is CCCCc1c(CC)cc(C)c(O)c1O. The molecule has 15 heavy (non-hydrogen) atoms. The van der Waals surface area contributed by atoms with E-state index in [4.69, 9.17) is 0 Å². The van der Waals surface area contributed by atoms with Gasteiger partial charge in [-0.05, 0) is 37.3 Å². The number of hydrogen-bond donors (Lipinski definition) is 2. The van der Waals surface area contributed by atoms with Gasteiger partial charge in [-0.1, -0.05) is 26.3 Å². The van der Waals surface area contributed by atoms with E-state index in [0.29, 0.717) is 0 Å². The van der Waals surface area contributed by atoms with Crippen LogP contribution in [0.5, 0.6) is 11.5 Å². The molecular weight excluding hydrogens is 188 g/mol. The fraction of sp³-hybridized carbons (Fsp3) is 0.538. The summed E-state index contributed by atoms with van der Waals surface area (Å²) in [6.07, 6.45) is 3.88. The molecule has 0 amide bonds. The number of rotatable bonds is 4. The minimum atomic E-state index is 0.0401. The summed E-state index contributed by atoms with van der Waals surface area (Å²) in [6, 6.07) is 1.97. The number of unbranched alkanes of at least 4 members (excludes halogenated alkanes) is 1. The average molecular weight is 208 g/mol. The quantitative estimate of drug-likeness (QED) is 0.745. The normalized spacial score (nSPS) is 10.6. The molecule has 2 heteroatoms. The van der Waals surface area contributed by atoms with Crippen LogP contribution in [0, 0.1) is 6.92 Å². The van der Waals surface area contributed by atoms with E-state index in [2.05, 4.69) is 13.8 Å². The summed E-state index contributed by atoms with van der Waals surface area (Å²) in [4.78, 5) is 0. The third-order valence-corrected chi connectivity index (χ3v) is 2.82. The smallest absolute Gasteiger partial charge is 0.161 e. The molecule has 0 atom stereocenters. The lowest BCUT2D eigenvalue weighted by Crippen LogP contribution is -1.96. The maximum absolute atomic E-state index is 9.87. The van der Waals surface area contributed by atoms with Crippen LogP contribution in [0.4, 0.5) is 0 Å². The van der Waals surface area contributed by atoms with E-state index >= 15 is 0 Å². The lowest BCUT2D eigenvalue weighted by Gasteiger charge is -2.13. The number of phenols is 2. The first kappa shape index (κ1) is 11.9. The van der Waals surface area contributed by atoms with Gasteiger partial charge < -0.3 is 10.2 Å². The van der Waals surface area contributed by atoms with Gasteiger partial charge in [-0.2, -0.15) is 0 Å². The fourth-order valence-corrected chi connectivity index (χ4v) is 1.85. The van der Waals surface area contributed by atoms with Gasteiger partial charge in [-0.3, -0.25) is 0 Å². The highest BCUT2D eigenvalue weighted by Crippen LogP contribution is 2.36. The Balaban J connectivity index is 3.15. The molecule has 0 spiro atoms. The van der Waals surface area contributed by atoms with Crippen LogP contribution in [-0.4, -0.2) is 10.2 Å². The summed E-state index contributed by atoms with van der Waals surface area (Å²) in [7, 11) is 0. The van der Waals surface area contributed by atoms with Crippen molar-refractivity contribution in [2.45, 2.75) is 46.5 Å². The second-order valence-corrected chi connectivity index (χ2v) is 3.99. The third-order valence-electron chi connectivity index (χ3n) is 2.82. The Hall–Kier alpha value is -1.18. The van der Waals surface area contributed by atoms with E-state index in [1.54, 1.807) is 0 Å². The fourth-order valence-electron chi connectivity index (χ4n) is 1.85. The van der Waals surface area contributed by atoms with Gasteiger partial charge in [0, 0.05) is 5.56 Å². The van der Waals surface area contributed by atoms with E-state index in [1.165, 1.54) is 0 Å². The number of hydrogen-bond acceptors (Lipinski definition) is 2. The second-order valence-electron chi connectivity index (χ2n) is 3.99. The molecule has 0 fully saturated rings. The van der Waals surface area contributed by atoms with E-state index in [-0.39, 0.29) is 11.5 Å². The van der Waals surface area contributed by atoms with Crippen molar-refractivity contribution in [1.29, 1.82) is 0 Å². The van der Waals surface area contributed by atoms with Gasteiger partial charge in [0.1, 0.15) is 0 Å². The van der Waals surface area contributed by atoms with Gasteiger partial charge in [0.25, 0.3) is 0 Å². The first-order chi connectivity index (χ1) is 7.11. The molecule has 0 radical (unpaired) electrons. The third kappa shape index (κ3) is 2.44. The zero-order valence-corrected chi connectivity index (χ0v) is 9.80. The topological polar surface area (TPSA) is 40.5 Å². The van der Waals surface area contributed by atoms with Crippen LogP contribution >= 0.6 is 0 Å². The van der Waals surface area contributed by atoms with Crippen molar-refractivity contribution in [3.05, 3.63) is 22.8 Å². The molecule has 84 valence electrons. The zero-order valence-electron chi connectivity index (χ0n) is 9.80. The highest BCUT2D eigenvalue weighted by atomic mass is 16.3. The Morgan fingerprint density at radius 3 is 2.33 bits per heavy atom. The Morgan fingerprint density at radius 1 is 1.13 bits per heavy atom. The van der Waals surface area contributed by atoms with Crippen molar-refractivity contribution >= 4 is 0 Å². The maximum atomic E-state index is 9.87. The Bertz CT molecular complexity index is 343. The molecule has 1 aromatic rings. The molecular formula is C13H20O2. The predicted octanol–water partition coefficient (Wildman–Crippen LogP) is 3.31. The van der Waals surface area contributed by atoms with Crippen molar-refractivity contribution in [2.75, 3.05) is 0 Å².